The molecular formula is C19H18N4O3S. The highest BCUT2D eigenvalue weighted by Gasteiger charge is 2.32. The summed E-state index contributed by atoms with van der Waals surface area (Å²) in [4.78, 5) is 45.9. The number of hydrogen-bond donors (Lipinski definition) is 2. The van der Waals surface area contributed by atoms with Crippen LogP contribution < -0.4 is 11.3 Å². The lowest BCUT2D eigenvalue weighted by molar-refractivity contribution is -0.120. The summed E-state index contributed by atoms with van der Waals surface area (Å²) in [6.07, 6.45) is 1.55. The molecule has 7 nitrogen and oxygen atoms in total. The molecule has 3 N–H and O–H groups in total. The average molecular weight is 382 g/mol. The van der Waals surface area contributed by atoms with Crippen molar-refractivity contribution in [1.82, 2.24) is 14.9 Å². The Balaban J connectivity index is 1.71. The topological polar surface area (TPSA) is 109 Å². The van der Waals surface area contributed by atoms with Gasteiger partial charge in [0.15, 0.2) is 5.78 Å². The number of hydrogen-bond acceptors (Lipinski definition) is 6. The van der Waals surface area contributed by atoms with E-state index in [1.165, 1.54) is 18.3 Å². The molecule has 0 saturated carbocycles. The van der Waals surface area contributed by atoms with Crippen molar-refractivity contribution >= 4 is 39.2 Å². The maximum atomic E-state index is 12.9. The van der Waals surface area contributed by atoms with Gasteiger partial charge in [0.1, 0.15) is 4.70 Å². The fraction of sp³-hybridized carbons (Fsp3) is 0.263. The number of carbonyl (C=O) groups excluding carboxylic acids is 2. The van der Waals surface area contributed by atoms with E-state index in [1.54, 1.807) is 29.2 Å². The molecule has 0 radical (unpaired) electrons. The Hall–Kier alpha value is -3.00. The summed E-state index contributed by atoms with van der Waals surface area (Å²) in [6.45, 7) is 2.12. The van der Waals surface area contributed by atoms with E-state index >= 15 is 0 Å². The number of thiophene rings is 1. The van der Waals surface area contributed by atoms with Gasteiger partial charge < -0.3 is 10.6 Å². The number of rotatable bonds is 3. The van der Waals surface area contributed by atoms with Crippen LogP contribution in [-0.4, -0.2) is 39.1 Å². The molecule has 4 rings (SSSR count). The van der Waals surface area contributed by atoms with E-state index in [9.17, 15) is 14.4 Å². The van der Waals surface area contributed by atoms with Gasteiger partial charge in [0.05, 0.1) is 11.6 Å². The number of nitrogen functional groups attached to an aromatic ring is 1. The molecular weight excluding hydrogens is 364 g/mol. The molecule has 8 heteroatoms. The van der Waals surface area contributed by atoms with E-state index in [2.05, 4.69) is 9.97 Å². The van der Waals surface area contributed by atoms with Crippen molar-refractivity contribution in [3.8, 4) is 10.4 Å². The fourth-order valence-corrected chi connectivity index (χ4v) is 4.49. The first-order valence-electron chi connectivity index (χ1n) is 8.65. The van der Waals surface area contributed by atoms with Crippen molar-refractivity contribution in [2.75, 3.05) is 12.3 Å². The summed E-state index contributed by atoms with van der Waals surface area (Å²) in [6, 6.07) is 8.68. The normalized spacial score (nSPS) is 16.8. The number of benzene rings is 1. The number of anilines is 1. The van der Waals surface area contributed by atoms with Crippen molar-refractivity contribution in [1.29, 1.82) is 0 Å². The van der Waals surface area contributed by atoms with E-state index in [0.29, 0.717) is 28.7 Å². The van der Waals surface area contributed by atoms with Crippen molar-refractivity contribution in [3.63, 3.8) is 0 Å². The molecule has 1 aromatic carbocycles. The van der Waals surface area contributed by atoms with Crippen LogP contribution in [-0.2, 0) is 4.79 Å². The Kier molecular flexibility index (Phi) is 4.27. The third-order valence-corrected chi connectivity index (χ3v) is 5.95. The average Bonchev–Trinajstić information content (AvgIpc) is 3.28. The molecule has 3 heterocycles. The van der Waals surface area contributed by atoms with Crippen molar-refractivity contribution < 1.29 is 9.59 Å². The van der Waals surface area contributed by atoms with E-state index < -0.39 is 0 Å². The van der Waals surface area contributed by atoms with Gasteiger partial charge in [-0.25, -0.2) is 4.98 Å². The predicted molar refractivity (Wildman–Crippen MR) is 105 cm³/mol. The zero-order valence-corrected chi connectivity index (χ0v) is 15.5. The Morgan fingerprint density at radius 3 is 2.93 bits per heavy atom. The van der Waals surface area contributed by atoms with Crippen LogP contribution in [0.3, 0.4) is 0 Å². The van der Waals surface area contributed by atoms with Crippen LogP contribution in [0, 0.1) is 0 Å². The third-order valence-electron chi connectivity index (χ3n) is 4.78. The first kappa shape index (κ1) is 17.4. The van der Waals surface area contributed by atoms with E-state index in [1.807, 2.05) is 6.07 Å². The molecule has 1 aliphatic heterocycles. The molecule has 1 fully saturated rings. The van der Waals surface area contributed by atoms with Crippen LogP contribution >= 0.6 is 11.3 Å². The van der Waals surface area contributed by atoms with Gasteiger partial charge in [-0.15, -0.1) is 11.3 Å². The van der Waals surface area contributed by atoms with Crippen molar-refractivity contribution in [2.45, 2.75) is 25.8 Å². The second kappa shape index (κ2) is 6.62. The summed E-state index contributed by atoms with van der Waals surface area (Å²) >= 11 is 1.30. The molecule has 27 heavy (non-hydrogen) atoms. The molecule has 0 aliphatic carbocycles. The lowest BCUT2D eigenvalue weighted by Gasteiger charge is -2.22. The summed E-state index contributed by atoms with van der Waals surface area (Å²) in [5.41, 5.74) is 7.21. The van der Waals surface area contributed by atoms with Crippen molar-refractivity contribution in [2.24, 2.45) is 0 Å². The SMILES string of the molecule is CC(=O)C1CCCN1C(=O)c1cccc(-c2cc3nc(N)[nH]c(=O)c3s2)c1. The van der Waals surface area contributed by atoms with Crippen molar-refractivity contribution in [3.05, 3.63) is 46.2 Å². The van der Waals surface area contributed by atoms with Crippen LogP contribution in [0.25, 0.3) is 20.7 Å². The largest absolute Gasteiger partial charge is 0.369 e. The molecule has 138 valence electrons. The predicted octanol–water partition coefficient (Wildman–Crippen LogP) is 2.43. The van der Waals surface area contributed by atoms with E-state index in [-0.39, 0.29) is 29.2 Å². The van der Waals surface area contributed by atoms with Crippen LogP contribution in [0.4, 0.5) is 5.95 Å². The number of H-pyrrole nitrogens is 1. The van der Waals surface area contributed by atoms with Crippen LogP contribution in [0.1, 0.15) is 30.1 Å². The highest BCUT2D eigenvalue weighted by Crippen LogP contribution is 2.32. The number of aromatic nitrogens is 2. The Labute approximate surface area is 158 Å². The number of ketones is 1. The second-order valence-electron chi connectivity index (χ2n) is 6.62. The zero-order valence-electron chi connectivity index (χ0n) is 14.7. The van der Waals surface area contributed by atoms with Gasteiger partial charge >= 0.3 is 0 Å². The number of likely N-dealkylation sites (tertiary alicyclic amines) is 1. The van der Waals surface area contributed by atoms with Gasteiger partial charge in [-0.3, -0.25) is 19.4 Å². The highest BCUT2D eigenvalue weighted by molar-refractivity contribution is 7.22. The Morgan fingerprint density at radius 1 is 1.33 bits per heavy atom. The number of Topliss-reactive ketones (excluding diaryl/α,β-unsaturated/α-hetero) is 1. The molecule has 1 aliphatic rings. The van der Waals surface area contributed by atoms with Gasteiger partial charge in [-0.1, -0.05) is 12.1 Å². The standard InChI is InChI=1S/C19H18N4O3S/c1-10(24)14-6-3-7-23(14)18(26)12-5-2-4-11(8-12)15-9-13-16(27-15)17(25)22-19(20)21-13/h2,4-5,8-9,14H,3,6-7H2,1H3,(H3,20,21,22,25). The second-order valence-corrected chi connectivity index (χ2v) is 7.68. The molecule has 1 unspecified atom stereocenters. The van der Waals surface area contributed by atoms with Gasteiger partial charge in [0, 0.05) is 17.0 Å². The minimum Gasteiger partial charge on any atom is -0.369 e. The molecule has 2 aromatic heterocycles. The molecule has 3 aromatic rings. The lowest BCUT2D eigenvalue weighted by Crippen LogP contribution is -2.39. The molecule has 1 atom stereocenters. The van der Waals surface area contributed by atoms with Gasteiger partial charge in [0.2, 0.25) is 5.95 Å². The molecule has 1 saturated heterocycles. The fourth-order valence-electron chi connectivity index (χ4n) is 3.50. The Bertz CT molecular complexity index is 1120. The third kappa shape index (κ3) is 3.12. The molecule has 1 amide bonds. The number of amides is 1. The van der Waals surface area contributed by atoms with Crippen LogP contribution in [0.2, 0.25) is 0 Å². The van der Waals surface area contributed by atoms with E-state index in [4.69, 9.17) is 5.73 Å². The lowest BCUT2D eigenvalue weighted by atomic mass is 10.1. The molecule has 0 bridgehead atoms. The number of carbonyl (C=O) groups is 2. The van der Waals surface area contributed by atoms with Gasteiger partial charge in [-0.05, 0) is 43.5 Å². The number of nitrogens with two attached hydrogens (primary N) is 1. The van der Waals surface area contributed by atoms with E-state index in [0.717, 1.165) is 16.9 Å². The number of nitrogens with one attached hydrogen (secondary N) is 1. The zero-order chi connectivity index (χ0) is 19.1. The number of aromatic amines is 1. The first-order valence-corrected chi connectivity index (χ1v) is 9.47. The number of fused-ring (bicyclic) bond motifs is 1. The maximum absolute atomic E-state index is 12.9. The molecule has 0 spiro atoms. The Morgan fingerprint density at radius 2 is 2.15 bits per heavy atom. The summed E-state index contributed by atoms with van der Waals surface area (Å²) < 4.78 is 0.493. The minimum atomic E-state index is -0.337. The van der Waals surface area contributed by atoms with Gasteiger partial charge in [0.25, 0.3) is 11.5 Å². The smallest absolute Gasteiger partial charge is 0.270 e. The monoisotopic (exact) mass is 382 g/mol. The summed E-state index contributed by atoms with van der Waals surface area (Å²) in [5.74, 6) is -0.0506. The summed E-state index contributed by atoms with van der Waals surface area (Å²) in [7, 11) is 0. The maximum Gasteiger partial charge on any atom is 0.270 e. The first-order chi connectivity index (χ1) is 12.9. The van der Waals surface area contributed by atoms with Crippen LogP contribution in [0.5, 0.6) is 0 Å². The minimum absolute atomic E-state index is 0.0180. The number of nitrogens with zero attached hydrogens (tertiary/aromatic N) is 2. The summed E-state index contributed by atoms with van der Waals surface area (Å²) in [5, 5.41) is 0. The van der Waals surface area contributed by atoms with Gasteiger partial charge in [-0.2, -0.15) is 0 Å². The van der Waals surface area contributed by atoms with Crippen LogP contribution in [0.15, 0.2) is 35.1 Å². The highest BCUT2D eigenvalue weighted by atomic mass is 32.1. The quantitative estimate of drug-likeness (QED) is 0.723.